The van der Waals surface area contributed by atoms with Crippen molar-refractivity contribution in [1.82, 2.24) is 24.8 Å². The zero-order chi connectivity index (χ0) is 20.5. The van der Waals surface area contributed by atoms with Gasteiger partial charge in [-0.05, 0) is 38.0 Å². The molecule has 8 heteroatoms. The van der Waals surface area contributed by atoms with Crippen LogP contribution < -0.4 is 15.5 Å². The monoisotopic (exact) mass is 405 g/mol. The van der Waals surface area contributed by atoms with Crippen molar-refractivity contribution in [3.63, 3.8) is 0 Å². The summed E-state index contributed by atoms with van der Waals surface area (Å²) in [6, 6.07) is 6.48. The first-order valence-electron chi connectivity index (χ1n) is 10.8. The smallest absolute Gasteiger partial charge is 0.230 e. The van der Waals surface area contributed by atoms with Crippen LogP contribution in [0, 0.1) is 6.92 Å². The van der Waals surface area contributed by atoms with Crippen molar-refractivity contribution in [1.29, 1.82) is 0 Å². The molecule has 0 atom stereocenters. The third kappa shape index (κ3) is 3.63. The van der Waals surface area contributed by atoms with Crippen LogP contribution in [0.2, 0.25) is 0 Å². The zero-order valence-electron chi connectivity index (χ0n) is 17.3. The number of amides is 1. The lowest BCUT2D eigenvalue weighted by Crippen LogP contribution is -2.32. The highest BCUT2D eigenvalue weighted by molar-refractivity contribution is 5.93. The highest BCUT2D eigenvalue weighted by Gasteiger charge is 2.22. The number of carbonyl (C=O) groups is 1. The number of carbonyl (C=O) groups excluding carboxylic acids is 1. The summed E-state index contributed by atoms with van der Waals surface area (Å²) >= 11 is 0. The van der Waals surface area contributed by atoms with Crippen molar-refractivity contribution < 1.29 is 4.79 Å². The van der Waals surface area contributed by atoms with Crippen LogP contribution in [0.3, 0.4) is 0 Å². The third-order valence-corrected chi connectivity index (χ3v) is 6.09. The van der Waals surface area contributed by atoms with Crippen molar-refractivity contribution in [2.75, 3.05) is 29.9 Å². The van der Waals surface area contributed by atoms with Crippen LogP contribution in [-0.2, 0) is 4.79 Å². The predicted molar refractivity (Wildman–Crippen MR) is 117 cm³/mol. The molecule has 0 radical (unpaired) electrons. The molecule has 0 aromatic carbocycles. The molecule has 1 amide bonds. The molecule has 1 saturated heterocycles. The van der Waals surface area contributed by atoms with Gasteiger partial charge in [-0.1, -0.05) is 12.8 Å². The SMILES string of the molecule is Cc1cc2cnc(Nc3ccc(N4CCNCCC4=O)cn3)nc2n1C1CCCC1. The average molecular weight is 406 g/mol. The lowest BCUT2D eigenvalue weighted by atomic mass is 10.2. The van der Waals surface area contributed by atoms with Crippen LogP contribution in [0.25, 0.3) is 11.0 Å². The van der Waals surface area contributed by atoms with Crippen LogP contribution >= 0.6 is 0 Å². The van der Waals surface area contributed by atoms with Gasteiger partial charge >= 0.3 is 0 Å². The molecule has 5 rings (SSSR count). The molecule has 4 heterocycles. The van der Waals surface area contributed by atoms with E-state index in [-0.39, 0.29) is 5.91 Å². The van der Waals surface area contributed by atoms with E-state index in [1.807, 2.05) is 18.3 Å². The van der Waals surface area contributed by atoms with Gasteiger partial charge in [-0.15, -0.1) is 0 Å². The summed E-state index contributed by atoms with van der Waals surface area (Å²) in [7, 11) is 0. The number of fused-ring (bicyclic) bond motifs is 1. The minimum absolute atomic E-state index is 0.124. The van der Waals surface area contributed by atoms with Gasteiger partial charge in [0.1, 0.15) is 11.5 Å². The molecule has 30 heavy (non-hydrogen) atoms. The minimum atomic E-state index is 0.124. The largest absolute Gasteiger partial charge is 0.327 e. The molecule has 3 aromatic rings. The highest BCUT2D eigenvalue weighted by atomic mass is 16.2. The molecular weight excluding hydrogens is 378 g/mol. The molecule has 2 N–H and O–H groups in total. The Bertz CT molecular complexity index is 1050. The van der Waals surface area contributed by atoms with E-state index in [9.17, 15) is 4.79 Å². The number of rotatable bonds is 4. The fourth-order valence-corrected chi connectivity index (χ4v) is 4.60. The van der Waals surface area contributed by atoms with Crippen molar-refractivity contribution in [3.8, 4) is 0 Å². The maximum atomic E-state index is 12.3. The Morgan fingerprint density at radius 1 is 1.13 bits per heavy atom. The topological polar surface area (TPSA) is 88.0 Å². The summed E-state index contributed by atoms with van der Waals surface area (Å²) in [5.74, 6) is 1.32. The van der Waals surface area contributed by atoms with Crippen LogP contribution in [0.1, 0.15) is 43.8 Å². The normalized spacial score (nSPS) is 18.2. The van der Waals surface area contributed by atoms with Gasteiger partial charge in [0, 0.05) is 49.4 Å². The maximum absolute atomic E-state index is 12.3. The van der Waals surface area contributed by atoms with Crippen LogP contribution in [-0.4, -0.2) is 45.1 Å². The Labute approximate surface area is 175 Å². The van der Waals surface area contributed by atoms with Gasteiger partial charge in [0.05, 0.1) is 11.9 Å². The molecule has 1 aliphatic carbocycles. The van der Waals surface area contributed by atoms with Gasteiger partial charge < -0.3 is 20.1 Å². The van der Waals surface area contributed by atoms with Crippen LogP contribution in [0.4, 0.5) is 17.5 Å². The summed E-state index contributed by atoms with van der Waals surface area (Å²) in [5, 5.41) is 7.53. The van der Waals surface area contributed by atoms with Gasteiger partial charge in [0.2, 0.25) is 11.9 Å². The Kier molecular flexibility index (Phi) is 5.08. The Balaban J connectivity index is 1.37. The molecule has 3 aromatic heterocycles. The van der Waals surface area contributed by atoms with E-state index in [1.165, 1.54) is 31.4 Å². The fraction of sp³-hybridized carbons (Fsp3) is 0.455. The molecular formula is C22H27N7O. The van der Waals surface area contributed by atoms with E-state index in [1.54, 1.807) is 11.1 Å². The molecule has 0 bridgehead atoms. The van der Waals surface area contributed by atoms with Crippen molar-refractivity contribution in [2.24, 2.45) is 0 Å². The predicted octanol–water partition coefficient (Wildman–Crippen LogP) is 3.32. The number of anilines is 3. The number of pyridine rings is 1. The molecule has 0 unspecified atom stereocenters. The molecule has 156 valence electrons. The number of hydrogen-bond acceptors (Lipinski definition) is 6. The molecule has 8 nitrogen and oxygen atoms in total. The summed E-state index contributed by atoms with van der Waals surface area (Å²) in [6.45, 7) is 4.32. The second-order valence-electron chi connectivity index (χ2n) is 8.14. The summed E-state index contributed by atoms with van der Waals surface area (Å²) in [4.78, 5) is 27.8. The molecule has 1 saturated carbocycles. The maximum Gasteiger partial charge on any atom is 0.230 e. The second-order valence-corrected chi connectivity index (χ2v) is 8.14. The summed E-state index contributed by atoms with van der Waals surface area (Å²) < 4.78 is 2.37. The third-order valence-electron chi connectivity index (χ3n) is 6.09. The lowest BCUT2D eigenvalue weighted by Gasteiger charge is -2.20. The van der Waals surface area contributed by atoms with Gasteiger partial charge in [-0.25, -0.2) is 9.97 Å². The van der Waals surface area contributed by atoms with Crippen LogP contribution in [0.15, 0.2) is 30.6 Å². The summed E-state index contributed by atoms with van der Waals surface area (Å²) in [6.07, 6.45) is 9.11. The Morgan fingerprint density at radius 3 is 2.80 bits per heavy atom. The summed E-state index contributed by atoms with van der Waals surface area (Å²) in [5.41, 5.74) is 3.04. The second kappa shape index (κ2) is 8.02. The van der Waals surface area contributed by atoms with Gasteiger partial charge in [-0.2, -0.15) is 4.98 Å². The Morgan fingerprint density at radius 2 is 2.00 bits per heavy atom. The number of hydrogen-bond donors (Lipinski definition) is 2. The number of aromatic nitrogens is 4. The van der Waals surface area contributed by atoms with Gasteiger partial charge in [0.15, 0.2) is 0 Å². The van der Waals surface area contributed by atoms with Gasteiger partial charge in [0.25, 0.3) is 0 Å². The fourth-order valence-electron chi connectivity index (χ4n) is 4.60. The molecule has 0 spiro atoms. The molecule has 2 fully saturated rings. The zero-order valence-corrected chi connectivity index (χ0v) is 17.3. The van der Waals surface area contributed by atoms with E-state index >= 15 is 0 Å². The first kappa shape index (κ1) is 19.0. The average Bonchev–Trinajstić information content (AvgIpc) is 3.32. The first-order valence-corrected chi connectivity index (χ1v) is 10.8. The molecule has 2 aliphatic rings. The van der Waals surface area contributed by atoms with Crippen molar-refractivity contribution in [3.05, 3.63) is 36.3 Å². The van der Waals surface area contributed by atoms with Crippen molar-refractivity contribution >= 4 is 34.4 Å². The quantitative estimate of drug-likeness (QED) is 0.692. The first-order chi connectivity index (χ1) is 14.7. The van der Waals surface area contributed by atoms with Gasteiger partial charge in [-0.3, -0.25) is 4.79 Å². The number of nitrogens with zero attached hydrogens (tertiary/aromatic N) is 5. The van der Waals surface area contributed by atoms with E-state index in [2.05, 4.69) is 38.2 Å². The van der Waals surface area contributed by atoms with Crippen molar-refractivity contribution in [2.45, 2.75) is 45.1 Å². The molecule has 1 aliphatic heterocycles. The Hall–Kier alpha value is -3.00. The van der Waals surface area contributed by atoms with Crippen LogP contribution in [0.5, 0.6) is 0 Å². The number of aryl methyl sites for hydroxylation is 1. The van der Waals surface area contributed by atoms with E-state index < -0.39 is 0 Å². The van der Waals surface area contributed by atoms with E-state index in [0.29, 0.717) is 30.8 Å². The van der Waals surface area contributed by atoms with E-state index in [0.717, 1.165) is 29.8 Å². The lowest BCUT2D eigenvalue weighted by molar-refractivity contribution is -0.118. The standard InChI is InChI=1S/C22H27N7O/c1-15-12-16-13-25-22(27-21(16)29(15)17-4-2-3-5-17)26-19-7-6-18(14-24-19)28-11-10-23-9-8-20(28)30/h6-7,12-14,17,23H,2-5,8-11H2,1H3,(H,24,25,26,27). The number of nitrogens with one attached hydrogen (secondary N) is 2. The highest BCUT2D eigenvalue weighted by Crippen LogP contribution is 2.34. The van der Waals surface area contributed by atoms with E-state index in [4.69, 9.17) is 4.98 Å². The minimum Gasteiger partial charge on any atom is -0.327 e.